The second-order valence-corrected chi connectivity index (χ2v) is 7.81. The molecule has 2 aliphatic rings. The zero-order chi connectivity index (χ0) is 17.1. The zero-order valence-corrected chi connectivity index (χ0v) is 15.3. The summed E-state index contributed by atoms with van der Waals surface area (Å²) in [6, 6.07) is 8.19. The molecule has 1 N–H and O–H groups in total. The molecule has 2 aliphatic heterocycles. The Morgan fingerprint density at radius 3 is 2.21 bits per heavy atom. The summed E-state index contributed by atoms with van der Waals surface area (Å²) in [5.41, 5.74) is 0.766. The number of methoxy groups -OCH3 is 1. The van der Waals surface area contributed by atoms with Crippen molar-refractivity contribution in [1.29, 1.82) is 0 Å². The molecule has 0 spiro atoms. The number of amides is 1. The second-order valence-electron chi connectivity index (χ2n) is 7.81. The first-order chi connectivity index (χ1) is 11.6. The van der Waals surface area contributed by atoms with Gasteiger partial charge in [-0.2, -0.15) is 0 Å². The van der Waals surface area contributed by atoms with E-state index in [2.05, 4.69) is 13.8 Å². The number of carbonyl (C=O) groups is 1. The smallest absolute Gasteiger partial charge is 0.253 e. The van der Waals surface area contributed by atoms with Crippen LogP contribution in [0.3, 0.4) is 0 Å². The van der Waals surface area contributed by atoms with Crippen molar-refractivity contribution in [2.24, 2.45) is 11.8 Å². The van der Waals surface area contributed by atoms with Gasteiger partial charge < -0.3 is 14.5 Å². The molecule has 0 unspecified atom stereocenters. The van der Waals surface area contributed by atoms with E-state index in [-0.39, 0.29) is 5.91 Å². The zero-order valence-electron chi connectivity index (χ0n) is 15.3. The van der Waals surface area contributed by atoms with E-state index >= 15 is 0 Å². The van der Waals surface area contributed by atoms with Gasteiger partial charge in [0.05, 0.1) is 26.2 Å². The Morgan fingerprint density at radius 2 is 1.67 bits per heavy atom. The van der Waals surface area contributed by atoms with Gasteiger partial charge in [0.2, 0.25) is 0 Å². The Kier molecular flexibility index (Phi) is 5.44. The molecule has 4 nitrogen and oxygen atoms in total. The van der Waals surface area contributed by atoms with Crippen LogP contribution in [0.1, 0.15) is 43.5 Å². The van der Waals surface area contributed by atoms with Crippen molar-refractivity contribution in [2.45, 2.75) is 39.2 Å². The highest BCUT2D eigenvalue weighted by molar-refractivity contribution is 5.94. The van der Waals surface area contributed by atoms with Gasteiger partial charge in [0.1, 0.15) is 5.75 Å². The van der Waals surface area contributed by atoms with Crippen LogP contribution in [0, 0.1) is 11.8 Å². The summed E-state index contributed by atoms with van der Waals surface area (Å²) in [5, 5.41) is 0. The van der Waals surface area contributed by atoms with Crippen molar-refractivity contribution in [2.75, 3.05) is 33.3 Å². The number of benzene rings is 1. The molecule has 3 rings (SSSR count). The summed E-state index contributed by atoms with van der Waals surface area (Å²) in [7, 11) is 1.65. The van der Waals surface area contributed by atoms with Gasteiger partial charge in [0.25, 0.3) is 5.91 Å². The fraction of sp³-hybridized carbons (Fsp3) is 0.650. The summed E-state index contributed by atoms with van der Waals surface area (Å²) in [6.07, 6.45) is 3.64. The Balaban J connectivity index is 1.55. The SMILES string of the molecule is COc1ccc(C(=O)N2CCC([NH+]3C[C@@H](C)C[C@H](C)C3)CC2)cc1. The first-order valence-corrected chi connectivity index (χ1v) is 9.34. The third kappa shape index (κ3) is 3.92. The Bertz CT molecular complexity index is 539. The van der Waals surface area contributed by atoms with Gasteiger partial charge in [0.15, 0.2) is 0 Å². The maximum Gasteiger partial charge on any atom is 0.253 e. The summed E-state index contributed by atoms with van der Waals surface area (Å²) in [5.74, 6) is 2.62. The van der Waals surface area contributed by atoms with E-state index in [1.165, 1.54) is 19.5 Å². The number of quaternary nitrogens is 1. The van der Waals surface area contributed by atoms with Crippen LogP contribution in [0.2, 0.25) is 0 Å². The van der Waals surface area contributed by atoms with Crippen molar-refractivity contribution >= 4 is 5.91 Å². The summed E-state index contributed by atoms with van der Waals surface area (Å²) in [4.78, 5) is 16.5. The third-order valence-corrected chi connectivity index (χ3v) is 5.72. The summed E-state index contributed by atoms with van der Waals surface area (Å²) >= 11 is 0. The molecule has 0 aromatic heterocycles. The summed E-state index contributed by atoms with van der Waals surface area (Å²) in [6.45, 7) is 9.17. The molecule has 4 heteroatoms. The Morgan fingerprint density at radius 1 is 1.08 bits per heavy atom. The van der Waals surface area contributed by atoms with E-state index in [1.807, 2.05) is 29.2 Å². The topological polar surface area (TPSA) is 34.0 Å². The number of likely N-dealkylation sites (tertiary alicyclic amines) is 2. The van der Waals surface area contributed by atoms with E-state index < -0.39 is 0 Å². The van der Waals surface area contributed by atoms with Gasteiger partial charge in [-0.25, -0.2) is 0 Å². The average molecular weight is 331 g/mol. The molecule has 2 atom stereocenters. The number of hydrogen-bond donors (Lipinski definition) is 1. The third-order valence-electron chi connectivity index (χ3n) is 5.72. The lowest BCUT2D eigenvalue weighted by molar-refractivity contribution is -0.938. The second kappa shape index (κ2) is 7.56. The largest absolute Gasteiger partial charge is 0.497 e. The van der Waals surface area contributed by atoms with Crippen LogP contribution in [0.4, 0.5) is 0 Å². The lowest BCUT2D eigenvalue weighted by Crippen LogP contribution is -3.18. The van der Waals surface area contributed by atoms with Crippen molar-refractivity contribution in [3.05, 3.63) is 29.8 Å². The van der Waals surface area contributed by atoms with Crippen molar-refractivity contribution in [3.8, 4) is 5.75 Å². The number of ether oxygens (including phenoxy) is 1. The van der Waals surface area contributed by atoms with Gasteiger partial charge in [0, 0.05) is 43.3 Å². The predicted molar refractivity (Wildman–Crippen MR) is 95.6 cm³/mol. The normalized spacial score (nSPS) is 28.6. The number of hydrogen-bond acceptors (Lipinski definition) is 2. The van der Waals surface area contributed by atoms with E-state index in [1.54, 1.807) is 12.0 Å². The van der Waals surface area contributed by atoms with E-state index in [0.29, 0.717) is 0 Å². The highest BCUT2D eigenvalue weighted by atomic mass is 16.5. The number of nitrogens with zero attached hydrogens (tertiary/aromatic N) is 1. The van der Waals surface area contributed by atoms with E-state index in [4.69, 9.17) is 4.74 Å². The van der Waals surface area contributed by atoms with Gasteiger partial charge in [-0.3, -0.25) is 4.79 Å². The fourth-order valence-electron chi connectivity index (χ4n) is 4.57. The molecular weight excluding hydrogens is 300 g/mol. The molecule has 1 aromatic rings. The van der Waals surface area contributed by atoms with Crippen molar-refractivity contribution in [1.82, 2.24) is 4.90 Å². The molecule has 132 valence electrons. The number of nitrogens with one attached hydrogen (secondary N) is 1. The monoisotopic (exact) mass is 331 g/mol. The van der Waals surface area contributed by atoms with E-state index in [9.17, 15) is 4.79 Å². The fourth-order valence-corrected chi connectivity index (χ4v) is 4.57. The van der Waals surface area contributed by atoms with E-state index in [0.717, 1.165) is 55.1 Å². The van der Waals surface area contributed by atoms with Gasteiger partial charge in [-0.15, -0.1) is 0 Å². The Hall–Kier alpha value is -1.55. The highest BCUT2D eigenvalue weighted by Gasteiger charge is 2.34. The molecule has 0 bridgehead atoms. The minimum atomic E-state index is 0.159. The summed E-state index contributed by atoms with van der Waals surface area (Å²) < 4.78 is 5.17. The van der Waals surface area contributed by atoms with Crippen LogP contribution < -0.4 is 9.64 Å². The van der Waals surface area contributed by atoms with Gasteiger partial charge in [-0.05, 0) is 30.7 Å². The molecule has 2 saturated heterocycles. The average Bonchev–Trinajstić information content (AvgIpc) is 2.60. The lowest BCUT2D eigenvalue weighted by Gasteiger charge is -2.41. The van der Waals surface area contributed by atoms with Gasteiger partial charge >= 0.3 is 0 Å². The first kappa shape index (κ1) is 17.3. The van der Waals surface area contributed by atoms with Crippen LogP contribution in [-0.4, -0.2) is 50.1 Å². The van der Waals surface area contributed by atoms with Crippen molar-refractivity contribution in [3.63, 3.8) is 0 Å². The first-order valence-electron chi connectivity index (χ1n) is 9.34. The highest BCUT2D eigenvalue weighted by Crippen LogP contribution is 2.18. The Labute approximate surface area is 145 Å². The van der Waals surface area contributed by atoms with Crippen LogP contribution in [0.25, 0.3) is 0 Å². The molecule has 1 amide bonds. The maximum atomic E-state index is 12.7. The minimum Gasteiger partial charge on any atom is -0.497 e. The molecule has 1 aromatic carbocycles. The molecule has 0 aliphatic carbocycles. The molecule has 0 saturated carbocycles. The molecule has 2 fully saturated rings. The standard InChI is InChI=1S/C20H30N2O2/c1-15-12-16(2)14-22(13-15)18-8-10-21(11-9-18)20(23)17-4-6-19(24-3)7-5-17/h4-7,15-16,18H,8-14H2,1-3H3/p+1/t15-,16-/m0/s1. The van der Waals surface area contributed by atoms with Crippen LogP contribution >= 0.6 is 0 Å². The maximum absolute atomic E-state index is 12.7. The number of piperidine rings is 2. The van der Waals surface area contributed by atoms with Crippen LogP contribution in [0.5, 0.6) is 5.75 Å². The predicted octanol–water partition coefficient (Wildman–Crippen LogP) is 1.86. The number of carbonyl (C=O) groups excluding carboxylic acids is 1. The van der Waals surface area contributed by atoms with Crippen LogP contribution in [0.15, 0.2) is 24.3 Å². The molecule has 0 radical (unpaired) electrons. The van der Waals surface area contributed by atoms with Crippen molar-refractivity contribution < 1.29 is 14.4 Å². The molecule has 24 heavy (non-hydrogen) atoms. The lowest BCUT2D eigenvalue weighted by atomic mass is 9.89. The number of rotatable bonds is 3. The van der Waals surface area contributed by atoms with Crippen LogP contribution in [-0.2, 0) is 0 Å². The molecular formula is C20H31N2O2+. The minimum absolute atomic E-state index is 0.159. The molecule has 2 heterocycles. The van der Waals surface area contributed by atoms with Gasteiger partial charge in [-0.1, -0.05) is 13.8 Å². The quantitative estimate of drug-likeness (QED) is 0.917.